The molecule has 0 atom stereocenters. The van der Waals surface area contributed by atoms with Gasteiger partial charge in [0.05, 0.1) is 16.9 Å². The summed E-state index contributed by atoms with van der Waals surface area (Å²) in [5.74, 6) is -1.66. The molecule has 0 aliphatic rings. The normalized spacial score (nSPS) is 10.0. The van der Waals surface area contributed by atoms with Gasteiger partial charge in [-0.3, -0.25) is 9.59 Å². The van der Waals surface area contributed by atoms with Gasteiger partial charge < -0.3 is 16.4 Å². The number of benzene rings is 2. The lowest BCUT2D eigenvalue weighted by molar-refractivity contribution is -0.114. The summed E-state index contributed by atoms with van der Waals surface area (Å²) in [5, 5.41) is 4.98. The highest BCUT2D eigenvalue weighted by Gasteiger charge is 2.13. The van der Waals surface area contributed by atoms with Gasteiger partial charge in [0.25, 0.3) is 5.91 Å². The van der Waals surface area contributed by atoms with Crippen molar-refractivity contribution in [2.24, 2.45) is 0 Å². The van der Waals surface area contributed by atoms with E-state index in [1.54, 1.807) is 24.3 Å². The molecule has 2 aromatic rings. The van der Waals surface area contributed by atoms with E-state index in [1.807, 2.05) is 0 Å². The van der Waals surface area contributed by atoms with Crippen molar-refractivity contribution in [3.63, 3.8) is 0 Å². The zero-order valence-electron chi connectivity index (χ0n) is 11.3. The number of amides is 2. The molecule has 0 saturated carbocycles. The van der Waals surface area contributed by atoms with Crippen LogP contribution in [0.4, 0.5) is 21.5 Å². The lowest BCUT2D eigenvalue weighted by atomic mass is 10.1. The first kappa shape index (κ1) is 14.5. The van der Waals surface area contributed by atoms with Crippen LogP contribution in [-0.2, 0) is 4.79 Å². The quantitative estimate of drug-likeness (QED) is 0.759. The standard InChI is InChI=1S/C15H14FN3O2/c1-9(20)18-10-6-7-11(12(16)8-10)15(21)19-14-5-3-2-4-13(14)17/h2-8H,17H2,1H3,(H,18,20)(H,19,21). The molecule has 0 fully saturated rings. The number of nitrogens with one attached hydrogen (secondary N) is 2. The molecular weight excluding hydrogens is 273 g/mol. The lowest BCUT2D eigenvalue weighted by Crippen LogP contribution is -2.15. The second-order valence-corrected chi connectivity index (χ2v) is 4.42. The Kier molecular flexibility index (Phi) is 4.18. The topological polar surface area (TPSA) is 84.2 Å². The Hall–Kier alpha value is -2.89. The summed E-state index contributed by atoms with van der Waals surface area (Å²) < 4.78 is 13.9. The number of nitrogen functional groups attached to an aromatic ring is 1. The van der Waals surface area contributed by atoms with Crippen LogP contribution in [0.5, 0.6) is 0 Å². The summed E-state index contributed by atoms with van der Waals surface area (Å²) in [6, 6.07) is 10.5. The second kappa shape index (κ2) is 6.04. The predicted octanol–water partition coefficient (Wildman–Crippen LogP) is 2.62. The molecule has 21 heavy (non-hydrogen) atoms. The van der Waals surface area contributed by atoms with Crippen LogP contribution in [0.25, 0.3) is 0 Å². The van der Waals surface area contributed by atoms with Gasteiger partial charge in [-0.2, -0.15) is 0 Å². The van der Waals surface area contributed by atoms with Gasteiger partial charge in [-0.25, -0.2) is 4.39 Å². The molecule has 4 N–H and O–H groups in total. The Morgan fingerprint density at radius 3 is 2.43 bits per heavy atom. The van der Waals surface area contributed by atoms with Crippen LogP contribution in [0.3, 0.4) is 0 Å². The molecule has 0 aliphatic carbocycles. The molecule has 0 bridgehead atoms. The number of halogens is 1. The molecule has 0 aliphatic heterocycles. The van der Waals surface area contributed by atoms with E-state index in [0.717, 1.165) is 6.07 Å². The van der Waals surface area contributed by atoms with E-state index in [0.29, 0.717) is 11.4 Å². The van der Waals surface area contributed by atoms with Gasteiger partial charge in [-0.15, -0.1) is 0 Å². The minimum absolute atomic E-state index is 0.132. The van der Waals surface area contributed by atoms with Crippen LogP contribution < -0.4 is 16.4 Å². The van der Waals surface area contributed by atoms with E-state index < -0.39 is 11.7 Å². The third-order valence-corrected chi connectivity index (χ3v) is 2.74. The van der Waals surface area contributed by atoms with Crippen molar-refractivity contribution in [2.45, 2.75) is 6.92 Å². The van der Waals surface area contributed by atoms with Crippen LogP contribution in [0.15, 0.2) is 42.5 Å². The van der Waals surface area contributed by atoms with Crippen molar-refractivity contribution in [3.8, 4) is 0 Å². The van der Waals surface area contributed by atoms with Crippen molar-refractivity contribution in [1.29, 1.82) is 0 Å². The molecule has 0 radical (unpaired) electrons. The molecule has 108 valence electrons. The molecule has 6 heteroatoms. The third-order valence-electron chi connectivity index (χ3n) is 2.74. The smallest absolute Gasteiger partial charge is 0.258 e. The SMILES string of the molecule is CC(=O)Nc1ccc(C(=O)Nc2ccccc2N)c(F)c1. The average molecular weight is 287 g/mol. The van der Waals surface area contributed by atoms with Gasteiger partial charge >= 0.3 is 0 Å². The molecule has 2 aromatic carbocycles. The molecule has 2 amide bonds. The van der Waals surface area contributed by atoms with E-state index in [2.05, 4.69) is 10.6 Å². The number of hydrogen-bond acceptors (Lipinski definition) is 3. The Morgan fingerprint density at radius 2 is 1.81 bits per heavy atom. The monoisotopic (exact) mass is 287 g/mol. The molecule has 0 saturated heterocycles. The van der Waals surface area contributed by atoms with Crippen LogP contribution in [0.1, 0.15) is 17.3 Å². The van der Waals surface area contributed by atoms with Crippen LogP contribution >= 0.6 is 0 Å². The number of carbonyl (C=O) groups is 2. The predicted molar refractivity (Wildman–Crippen MR) is 79.5 cm³/mol. The zero-order chi connectivity index (χ0) is 15.4. The van der Waals surface area contributed by atoms with Crippen LogP contribution in [0.2, 0.25) is 0 Å². The van der Waals surface area contributed by atoms with E-state index >= 15 is 0 Å². The Balaban J connectivity index is 2.20. The lowest BCUT2D eigenvalue weighted by Gasteiger charge is -2.09. The minimum atomic E-state index is -0.728. The van der Waals surface area contributed by atoms with E-state index in [-0.39, 0.29) is 17.2 Å². The van der Waals surface area contributed by atoms with E-state index in [4.69, 9.17) is 5.73 Å². The van der Waals surface area contributed by atoms with Crippen molar-refractivity contribution in [1.82, 2.24) is 0 Å². The molecular formula is C15H14FN3O2. The first-order valence-electron chi connectivity index (χ1n) is 6.20. The first-order chi connectivity index (χ1) is 9.97. The highest BCUT2D eigenvalue weighted by atomic mass is 19.1. The highest BCUT2D eigenvalue weighted by Crippen LogP contribution is 2.20. The maximum absolute atomic E-state index is 13.9. The van der Waals surface area contributed by atoms with Crippen molar-refractivity contribution in [2.75, 3.05) is 16.4 Å². The fourth-order valence-electron chi connectivity index (χ4n) is 1.78. The highest BCUT2D eigenvalue weighted by molar-refractivity contribution is 6.06. The fraction of sp³-hybridized carbons (Fsp3) is 0.0667. The van der Waals surface area contributed by atoms with Gasteiger partial charge in [0.15, 0.2) is 0 Å². The number of rotatable bonds is 3. The minimum Gasteiger partial charge on any atom is -0.397 e. The van der Waals surface area contributed by atoms with Gasteiger partial charge in [0.1, 0.15) is 5.82 Å². The van der Waals surface area contributed by atoms with Gasteiger partial charge in [0, 0.05) is 12.6 Å². The molecule has 0 aromatic heterocycles. The summed E-state index contributed by atoms with van der Waals surface area (Å²) in [6.07, 6.45) is 0. The largest absolute Gasteiger partial charge is 0.397 e. The fourth-order valence-corrected chi connectivity index (χ4v) is 1.78. The van der Waals surface area contributed by atoms with Crippen molar-refractivity contribution >= 4 is 28.9 Å². The number of nitrogens with two attached hydrogens (primary N) is 1. The third kappa shape index (κ3) is 3.56. The molecule has 2 rings (SSSR count). The van der Waals surface area contributed by atoms with Crippen LogP contribution in [-0.4, -0.2) is 11.8 Å². The Morgan fingerprint density at radius 1 is 1.10 bits per heavy atom. The molecule has 0 spiro atoms. The summed E-state index contributed by atoms with van der Waals surface area (Å²) >= 11 is 0. The Bertz CT molecular complexity index is 701. The molecule has 0 unspecified atom stereocenters. The Labute approximate surface area is 121 Å². The summed E-state index contributed by atoms with van der Waals surface area (Å²) in [6.45, 7) is 1.32. The maximum Gasteiger partial charge on any atom is 0.258 e. The van der Waals surface area contributed by atoms with Gasteiger partial charge in [-0.1, -0.05) is 12.1 Å². The summed E-state index contributed by atoms with van der Waals surface area (Å²) in [5.41, 5.74) is 6.66. The second-order valence-electron chi connectivity index (χ2n) is 4.42. The molecule has 0 heterocycles. The molecule has 5 nitrogen and oxygen atoms in total. The van der Waals surface area contributed by atoms with Crippen molar-refractivity contribution in [3.05, 3.63) is 53.8 Å². The number of hydrogen-bond donors (Lipinski definition) is 3. The number of anilines is 3. The maximum atomic E-state index is 13.9. The van der Waals surface area contributed by atoms with E-state index in [1.165, 1.54) is 19.1 Å². The number of carbonyl (C=O) groups excluding carboxylic acids is 2. The average Bonchev–Trinajstić information content (AvgIpc) is 2.40. The van der Waals surface area contributed by atoms with Gasteiger partial charge in [-0.05, 0) is 30.3 Å². The summed E-state index contributed by atoms with van der Waals surface area (Å²) in [4.78, 5) is 22.9. The van der Waals surface area contributed by atoms with E-state index in [9.17, 15) is 14.0 Å². The first-order valence-corrected chi connectivity index (χ1v) is 6.20. The zero-order valence-corrected chi connectivity index (χ0v) is 11.3. The summed E-state index contributed by atoms with van der Waals surface area (Å²) in [7, 11) is 0. The van der Waals surface area contributed by atoms with Crippen LogP contribution in [0, 0.1) is 5.82 Å². The van der Waals surface area contributed by atoms with Crippen molar-refractivity contribution < 1.29 is 14.0 Å². The number of para-hydroxylation sites is 2. The van der Waals surface area contributed by atoms with Gasteiger partial charge in [0.2, 0.25) is 5.91 Å².